The zero-order chi connectivity index (χ0) is 16.9. The first-order valence-electron chi connectivity index (χ1n) is 8.35. The standard InChI is InChI=1S/C20H22N2O2/c1-15-8-5-6-11-17(15)20(24)22-13-7-12-18(22)19(23)21-14-16-9-3-2-4-10-16/h2-6,8-11,18H,7,12-14H2,1H3,(H,21,23)/t18-/m0/s1. The van der Waals surface area contributed by atoms with Crippen molar-refractivity contribution in [3.05, 3.63) is 71.3 Å². The Bertz CT molecular complexity index is 727. The predicted octanol–water partition coefficient (Wildman–Crippen LogP) is 2.92. The molecule has 2 aromatic rings. The maximum absolute atomic E-state index is 12.8. The molecule has 24 heavy (non-hydrogen) atoms. The van der Waals surface area contributed by atoms with Gasteiger partial charge in [-0.25, -0.2) is 0 Å². The van der Waals surface area contributed by atoms with E-state index in [1.165, 1.54) is 0 Å². The fourth-order valence-electron chi connectivity index (χ4n) is 3.15. The average molecular weight is 322 g/mol. The molecule has 0 unspecified atom stereocenters. The number of rotatable bonds is 4. The minimum absolute atomic E-state index is 0.0505. The van der Waals surface area contributed by atoms with Gasteiger partial charge in [0.15, 0.2) is 0 Å². The second-order valence-corrected chi connectivity index (χ2v) is 6.17. The minimum atomic E-state index is -0.374. The smallest absolute Gasteiger partial charge is 0.254 e. The summed E-state index contributed by atoms with van der Waals surface area (Å²) in [6, 6.07) is 17.0. The topological polar surface area (TPSA) is 49.4 Å². The number of nitrogens with one attached hydrogen (secondary N) is 1. The Balaban J connectivity index is 1.67. The van der Waals surface area contributed by atoms with Gasteiger partial charge in [0.25, 0.3) is 5.91 Å². The van der Waals surface area contributed by atoms with E-state index in [0.29, 0.717) is 18.7 Å². The molecule has 0 saturated carbocycles. The number of amides is 2. The number of benzene rings is 2. The molecule has 4 nitrogen and oxygen atoms in total. The molecule has 1 N–H and O–H groups in total. The largest absolute Gasteiger partial charge is 0.350 e. The van der Waals surface area contributed by atoms with Crippen molar-refractivity contribution in [2.45, 2.75) is 32.4 Å². The van der Waals surface area contributed by atoms with Crippen molar-refractivity contribution in [2.75, 3.05) is 6.54 Å². The highest BCUT2D eigenvalue weighted by Gasteiger charge is 2.34. The molecule has 4 heteroatoms. The number of carbonyl (C=O) groups is 2. The van der Waals surface area contributed by atoms with E-state index in [1.54, 1.807) is 4.90 Å². The Kier molecular flexibility index (Phi) is 4.94. The summed E-state index contributed by atoms with van der Waals surface area (Å²) in [6.45, 7) is 3.05. The lowest BCUT2D eigenvalue weighted by Gasteiger charge is -2.24. The fraction of sp³-hybridized carbons (Fsp3) is 0.300. The fourth-order valence-corrected chi connectivity index (χ4v) is 3.15. The van der Waals surface area contributed by atoms with E-state index < -0.39 is 0 Å². The van der Waals surface area contributed by atoms with Crippen LogP contribution in [0.4, 0.5) is 0 Å². The van der Waals surface area contributed by atoms with Crippen LogP contribution in [0, 0.1) is 6.92 Å². The van der Waals surface area contributed by atoms with Gasteiger partial charge in [-0.3, -0.25) is 9.59 Å². The third-order valence-corrected chi connectivity index (χ3v) is 4.50. The molecule has 1 saturated heterocycles. The van der Waals surface area contributed by atoms with Crippen LogP contribution in [0.2, 0.25) is 0 Å². The number of likely N-dealkylation sites (tertiary alicyclic amines) is 1. The summed E-state index contributed by atoms with van der Waals surface area (Å²) in [7, 11) is 0. The van der Waals surface area contributed by atoms with Crippen LogP contribution in [-0.2, 0) is 11.3 Å². The third kappa shape index (κ3) is 3.48. The summed E-state index contributed by atoms with van der Waals surface area (Å²) in [5.74, 6) is -0.122. The van der Waals surface area contributed by atoms with E-state index in [1.807, 2.05) is 61.5 Å². The summed E-state index contributed by atoms with van der Waals surface area (Å²) in [6.07, 6.45) is 1.58. The quantitative estimate of drug-likeness (QED) is 0.941. The van der Waals surface area contributed by atoms with Crippen LogP contribution in [0.1, 0.15) is 34.3 Å². The SMILES string of the molecule is Cc1ccccc1C(=O)N1CCC[C@H]1C(=O)NCc1ccccc1. The first-order chi connectivity index (χ1) is 11.7. The highest BCUT2D eigenvalue weighted by atomic mass is 16.2. The van der Waals surface area contributed by atoms with E-state index >= 15 is 0 Å². The van der Waals surface area contributed by atoms with Crippen molar-refractivity contribution in [3.63, 3.8) is 0 Å². The van der Waals surface area contributed by atoms with Crippen molar-refractivity contribution in [1.82, 2.24) is 10.2 Å². The normalized spacial score (nSPS) is 16.9. The van der Waals surface area contributed by atoms with Crippen molar-refractivity contribution in [3.8, 4) is 0 Å². The van der Waals surface area contributed by atoms with Crippen LogP contribution in [0.15, 0.2) is 54.6 Å². The first-order valence-corrected chi connectivity index (χ1v) is 8.35. The predicted molar refractivity (Wildman–Crippen MR) is 93.5 cm³/mol. The molecule has 124 valence electrons. The Morgan fingerprint density at radius 1 is 1.08 bits per heavy atom. The van der Waals surface area contributed by atoms with Crippen LogP contribution in [0.3, 0.4) is 0 Å². The average Bonchev–Trinajstić information content (AvgIpc) is 3.10. The Labute approximate surface area is 142 Å². The van der Waals surface area contributed by atoms with Crippen molar-refractivity contribution < 1.29 is 9.59 Å². The lowest BCUT2D eigenvalue weighted by Crippen LogP contribution is -2.45. The number of nitrogens with zero attached hydrogens (tertiary/aromatic N) is 1. The van der Waals surface area contributed by atoms with Crippen LogP contribution in [0.5, 0.6) is 0 Å². The van der Waals surface area contributed by atoms with Gasteiger partial charge in [-0.05, 0) is 37.0 Å². The molecule has 1 aliphatic heterocycles. The Hall–Kier alpha value is -2.62. The van der Waals surface area contributed by atoms with Crippen LogP contribution < -0.4 is 5.32 Å². The van der Waals surface area contributed by atoms with Gasteiger partial charge in [-0.2, -0.15) is 0 Å². The molecule has 0 aliphatic carbocycles. The maximum Gasteiger partial charge on any atom is 0.254 e. The van der Waals surface area contributed by atoms with Crippen molar-refractivity contribution in [2.24, 2.45) is 0 Å². The van der Waals surface area contributed by atoms with E-state index in [9.17, 15) is 9.59 Å². The lowest BCUT2D eigenvalue weighted by atomic mass is 10.1. The molecule has 0 spiro atoms. The molecule has 1 heterocycles. The highest BCUT2D eigenvalue weighted by Crippen LogP contribution is 2.21. The van der Waals surface area contributed by atoms with Crippen LogP contribution >= 0.6 is 0 Å². The van der Waals surface area contributed by atoms with Gasteiger partial charge in [0.05, 0.1) is 0 Å². The molecule has 3 rings (SSSR count). The van der Waals surface area contributed by atoms with Gasteiger partial charge < -0.3 is 10.2 Å². The second-order valence-electron chi connectivity index (χ2n) is 6.17. The van der Waals surface area contributed by atoms with Gasteiger partial charge in [0, 0.05) is 18.7 Å². The minimum Gasteiger partial charge on any atom is -0.350 e. The number of aryl methyl sites for hydroxylation is 1. The van der Waals surface area contributed by atoms with Gasteiger partial charge >= 0.3 is 0 Å². The zero-order valence-corrected chi connectivity index (χ0v) is 13.9. The third-order valence-electron chi connectivity index (χ3n) is 4.50. The summed E-state index contributed by atoms with van der Waals surface area (Å²) >= 11 is 0. The lowest BCUT2D eigenvalue weighted by molar-refractivity contribution is -0.125. The van der Waals surface area contributed by atoms with Crippen molar-refractivity contribution in [1.29, 1.82) is 0 Å². The first kappa shape index (κ1) is 16.2. The summed E-state index contributed by atoms with van der Waals surface area (Å²) in [5.41, 5.74) is 2.68. The summed E-state index contributed by atoms with van der Waals surface area (Å²) in [4.78, 5) is 27.1. The van der Waals surface area contributed by atoms with Crippen LogP contribution in [0.25, 0.3) is 0 Å². The van der Waals surface area contributed by atoms with E-state index in [2.05, 4.69) is 5.32 Å². The zero-order valence-electron chi connectivity index (χ0n) is 13.9. The monoisotopic (exact) mass is 322 g/mol. The summed E-state index contributed by atoms with van der Waals surface area (Å²) < 4.78 is 0. The molecule has 1 fully saturated rings. The van der Waals surface area contributed by atoms with Gasteiger partial charge in [0.1, 0.15) is 6.04 Å². The number of hydrogen-bond acceptors (Lipinski definition) is 2. The van der Waals surface area contributed by atoms with Crippen LogP contribution in [-0.4, -0.2) is 29.3 Å². The van der Waals surface area contributed by atoms with Gasteiger partial charge in [-0.1, -0.05) is 48.5 Å². The molecule has 1 aliphatic rings. The maximum atomic E-state index is 12.8. The molecule has 2 aromatic carbocycles. The molecule has 0 bridgehead atoms. The van der Waals surface area contributed by atoms with Gasteiger partial charge in [0.2, 0.25) is 5.91 Å². The Morgan fingerprint density at radius 3 is 2.54 bits per heavy atom. The van der Waals surface area contributed by atoms with E-state index in [4.69, 9.17) is 0 Å². The number of carbonyl (C=O) groups excluding carboxylic acids is 2. The molecular weight excluding hydrogens is 300 g/mol. The molecule has 2 amide bonds. The molecule has 0 radical (unpaired) electrons. The van der Waals surface area contributed by atoms with E-state index in [-0.39, 0.29) is 17.9 Å². The number of hydrogen-bond donors (Lipinski definition) is 1. The molecule has 1 atom stereocenters. The second kappa shape index (κ2) is 7.30. The Morgan fingerprint density at radius 2 is 1.79 bits per heavy atom. The van der Waals surface area contributed by atoms with E-state index in [0.717, 1.165) is 24.0 Å². The molecule has 0 aromatic heterocycles. The highest BCUT2D eigenvalue weighted by molar-refractivity contribution is 5.99. The molecular formula is C20H22N2O2. The van der Waals surface area contributed by atoms with Gasteiger partial charge in [-0.15, -0.1) is 0 Å². The summed E-state index contributed by atoms with van der Waals surface area (Å²) in [5, 5.41) is 2.96. The van der Waals surface area contributed by atoms with Crippen molar-refractivity contribution >= 4 is 11.8 Å².